The minimum Gasteiger partial charge on any atom is -0.312 e. The highest BCUT2D eigenvalue weighted by molar-refractivity contribution is 5.92. The molecule has 0 saturated carbocycles. The lowest BCUT2D eigenvalue weighted by molar-refractivity contribution is 0.511. The van der Waals surface area contributed by atoms with E-state index in [1.807, 2.05) is 12.1 Å². The molecule has 1 aliphatic rings. The monoisotopic (exact) mass is 286 g/mol. The number of aromatic nitrogens is 3. The van der Waals surface area contributed by atoms with Crippen LogP contribution in [0, 0.1) is 11.6 Å². The van der Waals surface area contributed by atoms with Crippen LogP contribution in [0.1, 0.15) is 11.3 Å². The molecule has 0 fully saturated rings. The second-order valence-corrected chi connectivity index (χ2v) is 5.11. The van der Waals surface area contributed by atoms with Crippen molar-refractivity contribution in [1.82, 2.24) is 20.5 Å². The van der Waals surface area contributed by atoms with Gasteiger partial charge >= 0.3 is 0 Å². The zero-order valence-corrected chi connectivity index (χ0v) is 11.1. The summed E-state index contributed by atoms with van der Waals surface area (Å²) < 4.78 is 26.7. The quantitative estimate of drug-likeness (QED) is 0.723. The first-order valence-corrected chi connectivity index (χ1v) is 6.75. The Balaban J connectivity index is 1.88. The van der Waals surface area contributed by atoms with E-state index in [1.54, 1.807) is 0 Å². The van der Waals surface area contributed by atoms with E-state index in [-0.39, 0.29) is 0 Å². The van der Waals surface area contributed by atoms with Crippen LogP contribution < -0.4 is 5.32 Å². The average Bonchev–Trinajstić information content (AvgIpc) is 2.90. The van der Waals surface area contributed by atoms with Gasteiger partial charge in [-0.25, -0.2) is 8.78 Å². The number of nitrogens with zero attached hydrogens (tertiary/aromatic N) is 2. The van der Waals surface area contributed by atoms with Crippen LogP contribution in [0.15, 0.2) is 24.3 Å². The van der Waals surface area contributed by atoms with E-state index in [0.717, 1.165) is 37.3 Å². The number of hydrogen-bond acceptors (Lipinski definition) is 3. The summed E-state index contributed by atoms with van der Waals surface area (Å²) in [6.07, 6.45) is 0.856. The molecule has 4 rings (SSSR count). The summed E-state index contributed by atoms with van der Waals surface area (Å²) in [4.78, 5) is 4.62. The van der Waals surface area contributed by atoms with Crippen LogP contribution in [-0.2, 0) is 13.0 Å². The highest BCUT2D eigenvalue weighted by atomic mass is 19.2. The number of aromatic amines is 1. The van der Waals surface area contributed by atoms with Crippen molar-refractivity contribution in [2.45, 2.75) is 13.0 Å². The molecule has 0 aliphatic carbocycles. The molecule has 0 bridgehead atoms. The first kappa shape index (κ1) is 12.4. The molecule has 1 aromatic carbocycles. The fraction of sp³-hybridized carbons (Fsp3) is 0.200. The van der Waals surface area contributed by atoms with Crippen LogP contribution in [0.2, 0.25) is 0 Å². The lowest BCUT2D eigenvalue weighted by Crippen LogP contribution is -2.24. The van der Waals surface area contributed by atoms with Crippen molar-refractivity contribution < 1.29 is 8.78 Å². The lowest BCUT2D eigenvalue weighted by atomic mass is 10.1. The predicted octanol–water partition coefficient (Wildman–Crippen LogP) is 2.55. The van der Waals surface area contributed by atoms with Crippen molar-refractivity contribution in [1.29, 1.82) is 0 Å². The number of rotatable bonds is 1. The van der Waals surface area contributed by atoms with E-state index in [2.05, 4.69) is 20.5 Å². The smallest absolute Gasteiger partial charge is 0.160 e. The number of fused-ring (bicyclic) bond motifs is 2. The summed E-state index contributed by atoms with van der Waals surface area (Å²) in [5, 5.41) is 10.7. The Kier molecular flexibility index (Phi) is 2.71. The van der Waals surface area contributed by atoms with Crippen LogP contribution >= 0.6 is 0 Å². The average molecular weight is 286 g/mol. The molecule has 3 aromatic rings. The first-order valence-electron chi connectivity index (χ1n) is 6.75. The third-order valence-corrected chi connectivity index (χ3v) is 3.77. The zero-order valence-electron chi connectivity index (χ0n) is 11.1. The molecule has 0 radical (unpaired) electrons. The Morgan fingerprint density at radius 3 is 2.86 bits per heavy atom. The maximum absolute atomic E-state index is 13.4. The number of nitrogens with one attached hydrogen (secondary N) is 2. The Hall–Kier alpha value is -2.34. The molecule has 106 valence electrons. The molecular weight excluding hydrogens is 274 g/mol. The van der Waals surface area contributed by atoms with Gasteiger partial charge in [0.25, 0.3) is 0 Å². The van der Waals surface area contributed by atoms with Gasteiger partial charge in [0.15, 0.2) is 11.6 Å². The van der Waals surface area contributed by atoms with E-state index >= 15 is 0 Å². The van der Waals surface area contributed by atoms with Gasteiger partial charge in [-0.2, -0.15) is 5.10 Å². The molecular formula is C15H12F2N4. The van der Waals surface area contributed by atoms with Crippen molar-refractivity contribution in [2.75, 3.05) is 6.54 Å². The first-order chi connectivity index (χ1) is 10.2. The summed E-state index contributed by atoms with van der Waals surface area (Å²) in [6, 6.07) is 6.14. The van der Waals surface area contributed by atoms with Crippen LogP contribution in [0.25, 0.3) is 22.3 Å². The number of benzene rings is 1. The van der Waals surface area contributed by atoms with E-state index in [9.17, 15) is 8.78 Å². The van der Waals surface area contributed by atoms with Crippen LogP contribution in [0.3, 0.4) is 0 Å². The molecule has 0 amide bonds. The van der Waals surface area contributed by atoms with Gasteiger partial charge in [-0.15, -0.1) is 0 Å². The minimum absolute atomic E-state index is 0.463. The van der Waals surface area contributed by atoms with Gasteiger partial charge in [0.05, 0.1) is 11.2 Å². The SMILES string of the molecule is Fc1cc2[nH]nc(-c3ccc4c(n3)CCNC4)c2cc1F. The largest absolute Gasteiger partial charge is 0.312 e. The molecule has 4 nitrogen and oxygen atoms in total. The Bertz CT molecular complexity index is 841. The van der Waals surface area contributed by atoms with E-state index in [1.165, 1.54) is 5.56 Å². The topological polar surface area (TPSA) is 53.6 Å². The summed E-state index contributed by atoms with van der Waals surface area (Å²) in [7, 11) is 0. The van der Waals surface area contributed by atoms with E-state index < -0.39 is 11.6 Å². The Morgan fingerprint density at radius 1 is 1.10 bits per heavy atom. The number of H-pyrrole nitrogens is 1. The van der Waals surface area contributed by atoms with E-state index in [0.29, 0.717) is 22.3 Å². The van der Waals surface area contributed by atoms with Crippen LogP contribution in [-0.4, -0.2) is 21.7 Å². The molecule has 6 heteroatoms. The predicted molar refractivity (Wildman–Crippen MR) is 74.7 cm³/mol. The molecule has 0 atom stereocenters. The van der Waals surface area contributed by atoms with Gasteiger partial charge in [0.2, 0.25) is 0 Å². The molecule has 1 aliphatic heterocycles. The third-order valence-electron chi connectivity index (χ3n) is 3.77. The summed E-state index contributed by atoms with van der Waals surface area (Å²) in [5.74, 6) is -1.77. The Morgan fingerprint density at radius 2 is 1.95 bits per heavy atom. The maximum atomic E-state index is 13.4. The van der Waals surface area contributed by atoms with Gasteiger partial charge in [0, 0.05) is 36.7 Å². The normalized spacial score (nSPS) is 14.4. The second kappa shape index (κ2) is 4.60. The summed E-state index contributed by atoms with van der Waals surface area (Å²) >= 11 is 0. The summed E-state index contributed by atoms with van der Waals surface area (Å²) in [6.45, 7) is 1.70. The molecule has 21 heavy (non-hydrogen) atoms. The summed E-state index contributed by atoms with van der Waals surface area (Å²) in [5.41, 5.74) is 3.88. The second-order valence-electron chi connectivity index (χ2n) is 5.11. The number of halogens is 2. The van der Waals surface area contributed by atoms with Crippen molar-refractivity contribution in [3.63, 3.8) is 0 Å². The van der Waals surface area contributed by atoms with E-state index in [4.69, 9.17) is 0 Å². The van der Waals surface area contributed by atoms with Crippen LogP contribution in [0.5, 0.6) is 0 Å². The maximum Gasteiger partial charge on any atom is 0.160 e. The minimum atomic E-state index is -0.887. The number of hydrogen-bond donors (Lipinski definition) is 2. The molecule has 2 aromatic heterocycles. The lowest BCUT2D eigenvalue weighted by Gasteiger charge is -2.16. The van der Waals surface area contributed by atoms with Gasteiger partial charge in [-0.05, 0) is 17.7 Å². The molecule has 0 saturated heterocycles. The highest BCUT2D eigenvalue weighted by Crippen LogP contribution is 2.28. The molecule has 0 spiro atoms. The molecule has 2 N–H and O–H groups in total. The molecule has 3 heterocycles. The standard InChI is InChI=1S/C15H12F2N4/c16-10-5-9-14(6-11(10)17)20-21-15(9)13-2-1-8-7-18-4-3-12(8)19-13/h1-2,5-6,18H,3-4,7H2,(H,20,21). The van der Waals surface area contributed by atoms with Gasteiger partial charge < -0.3 is 5.32 Å². The fourth-order valence-electron chi connectivity index (χ4n) is 2.68. The Labute approximate surface area is 119 Å². The third kappa shape index (κ3) is 1.99. The van der Waals surface area contributed by atoms with Crippen molar-refractivity contribution in [3.05, 3.63) is 47.2 Å². The number of pyridine rings is 1. The van der Waals surface area contributed by atoms with Gasteiger partial charge in [-0.1, -0.05) is 6.07 Å². The fourth-order valence-corrected chi connectivity index (χ4v) is 2.68. The van der Waals surface area contributed by atoms with Crippen molar-refractivity contribution >= 4 is 10.9 Å². The van der Waals surface area contributed by atoms with Crippen molar-refractivity contribution in [2.24, 2.45) is 0 Å². The van der Waals surface area contributed by atoms with Gasteiger partial charge in [0.1, 0.15) is 5.69 Å². The molecule has 0 unspecified atom stereocenters. The van der Waals surface area contributed by atoms with Crippen LogP contribution in [0.4, 0.5) is 8.78 Å². The van der Waals surface area contributed by atoms with Crippen molar-refractivity contribution in [3.8, 4) is 11.4 Å². The van der Waals surface area contributed by atoms with Gasteiger partial charge in [-0.3, -0.25) is 10.1 Å². The zero-order chi connectivity index (χ0) is 14.4. The highest BCUT2D eigenvalue weighted by Gasteiger charge is 2.16.